The van der Waals surface area contributed by atoms with Gasteiger partial charge in [0.05, 0.1) is 16.7 Å². The van der Waals surface area contributed by atoms with Gasteiger partial charge in [0.2, 0.25) is 5.89 Å². The summed E-state index contributed by atoms with van der Waals surface area (Å²) in [6, 6.07) is 46.8. The van der Waals surface area contributed by atoms with Gasteiger partial charge in [-0.1, -0.05) is 91.0 Å². The van der Waals surface area contributed by atoms with E-state index in [0.717, 1.165) is 55.1 Å². The minimum atomic E-state index is 0.604. The molecule has 0 bridgehead atoms. The number of hydrogen-bond donors (Lipinski definition) is 0. The van der Waals surface area contributed by atoms with Crippen molar-refractivity contribution < 1.29 is 8.83 Å². The lowest BCUT2D eigenvalue weighted by Gasteiger charge is -2.13. The summed E-state index contributed by atoms with van der Waals surface area (Å²) in [7, 11) is 0. The third kappa shape index (κ3) is 3.12. The lowest BCUT2D eigenvalue weighted by molar-refractivity contribution is 0.620. The van der Waals surface area contributed by atoms with Gasteiger partial charge in [0.15, 0.2) is 5.58 Å². The molecule has 0 saturated heterocycles. The number of fused-ring (bicyclic) bond motifs is 11. The quantitative estimate of drug-likeness (QED) is 0.215. The summed E-state index contributed by atoms with van der Waals surface area (Å²) in [4.78, 5) is 4.76. The van der Waals surface area contributed by atoms with E-state index in [0.29, 0.717) is 5.89 Å². The summed E-state index contributed by atoms with van der Waals surface area (Å²) in [6.45, 7) is 0. The fourth-order valence-electron chi connectivity index (χ4n) is 6.87. The smallest absolute Gasteiger partial charge is 0.227 e. The third-order valence-corrected chi connectivity index (χ3v) is 8.80. The van der Waals surface area contributed by atoms with Gasteiger partial charge in [-0.15, -0.1) is 0 Å². The zero-order valence-electron chi connectivity index (χ0n) is 22.9. The molecular weight excluding hydrogens is 528 g/mol. The van der Waals surface area contributed by atoms with E-state index in [1.54, 1.807) is 0 Å². The third-order valence-electron chi connectivity index (χ3n) is 8.80. The second-order valence-corrected chi connectivity index (χ2v) is 11.2. The van der Waals surface area contributed by atoms with Gasteiger partial charge in [-0.05, 0) is 47.9 Å². The number of aromatic nitrogens is 2. The lowest BCUT2D eigenvalue weighted by atomic mass is 10.0. The molecule has 0 aliphatic carbocycles. The summed E-state index contributed by atoms with van der Waals surface area (Å²) in [5.41, 5.74) is 7.79. The molecule has 0 atom stereocenters. The van der Waals surface area contributed by atoms with Gasteiger partial charge in [-0.2, -0.15) is 0 Å². The molecule has 4 nitrogen and oxygen atoms in total. The topological polar surface area (TPSA) is 44.1 Å². The molecule has 0 spiro atoms. The first-order valence-electron chi connectivity index (χ1n) is 14.5. The zero-order valence-corrected chi connectivity index (χ0v) is 22.9. The number of furan rings is 1. The standard InChI is InChI=1S/C39H22N2O2/c1-2-10-25-23(9-1)17-19-28-26-11-5-7-15-33(26)41(37(25)28)34-22-31-30-21-24(39-40-32-14-6-8-16-36(32)43-39)18-20-35(30)42-38(31)29-13-4-3-12-27(29)34/h1-22H. The van der Waals surface area contributed by atoms with Crippen LogP contribution in [0.3, 0.4) is 0 Å². The van der Waals surface area contributed by atoms with Crippen molar-refractivity contribution in [2.24, 2.45) is 0 Å². The van der Waals surface area contributed by atoms with Crippen LogP contribution in [-0.4, -0.2) is 9.55 Å². The van der Waals surface area contributed by atoms with E-state index in [1.165, 1.54) is 32.6 Å². The minimum absolute atomic E-state index is 0.604. The maximum Gasteiger partial charge on any atom is 0.227 e. The predicted molar refractivity (Wildman–Crippen MR) is 176 cm³/mol. The lowest BCUT2D eigenvalue weighted by Crippen LogP contribution is -1.96. The molecule has 0 N–H and O–H groups in total. The van der Waals surface area contributed by atoms with Crippen LogP contribution in [0.25, 0.3) is 93.5 Å². The van der Waals surface area contributed by atoms with Crippen molar-refractivity contribution in [2.45, 2.75) is 0 Å². The van der Waals surface area contributed by atoms with Gasteiger partial charge in [0.1, 0.15) is 16.7 Å². The molecule has 0 unspecified atom stereocenters. The molecule has 7 aromatic carbocycles. The maximum absolute atomic E-state index is 6.57. The van der Waals surface area contributed by atoms with Gasteiger partial charge in [0.25, 0.3) is 0 Å². The Hall–Kier alpha value is -5.87. The number of benzene rings is 7. The van der Waals surface area contributed by atoms with Gasteiger partial charge in [0, 0.05) is 43.3 Å². The number of oxazole rings is 1. The number of hydrogen-bond acceptors (Lipinski definition) is 3. The van der Waals surface area contributed by atoms with Crippen molar-refractivity contribution in [3.8, 4) is 17.1 Å². The second kappa shape index (κ2) is 8.34. The van der Waals surface area contributed by atoms with E-state index in [9.17, 15) is 0 Å². The maximum atomic E-state index is 6.57. The first-order valence-corrected chi connectivity index (χ1v) is 14.5. The molecular formula is C39H22N2O2. The molecule has 10 aromatic rings. The highest BCUT2D eigenvalue weighted by atomic mass is 16.3. The summed E-state index contributed by atoms with van der Waals surface area (Å²) in [6.07, 6.45) is 0. The molecule has 3 heterocycles. The van der Waals surface area contributed by atoms with Crippen LogP contribution >= 0.6 is 0 Å². The van der Waals surface area contributed by atoms with Gasteiger partial charge >= 0.3 is 0 Å². The van der Waals surface area contributed by atoms with Crippen LogP contribution in [0.1, 0.15) is 0 Å². The van der Waals surface area contributed by atoms with Crippen LogP contribution in [0, 0.1) is 0 Å². The molecule has 4 heteroatoms. The van der Waals surface area contributed by atoms with Crippen molar-refractivity contribution in [2.75, 3.05) is 0 Å². The van der Waals surface area contributed by atoms with Crippen molar-refractivity contribution in [3.05, 3.63) is 133 Å². The summed E-state index contributed by atoms with van der Waals surface area (Å²) in [5, 5.41) is 9.26. The summed E-state index contributed by atoms with van der Waals surface area (Å²) >= 11 is 0. The summed E-state index contributed by atoms with van der Waals surface area (Å²) in [5.74, 6) is 0.604. The molecule has 0 aliphatic heterocycles. The normalized spacial score (nSPS) is 12.2. The average molecular weight is 551 g/mol. The minimum Gasteiger partial charge on any atom is -0.455 e. The highest BCUT2D eigenvalue weighted by Crippen LogP contribution is 2.43. The largest absolute Gasteiger partial charge is 0.455 e. The van der Waals surface area contributed by atoms with Crippen molar-refractivity contribution in [3.63, 3.8) is 0 Å². The van der Waals surface area contributed by atoms with Crippen molar-refractivity contribution >= 4 is 76.4 Å². The first kappa shape index (κ1) is 22.8. The molecule has 10 rings (SSSR count). The molecule has 0 aliphatic rings. The Morgan fingerprint density at radius 2 is 1.26 bits per heavy atom. The van der Waals surface area contributed by atoms with Crippen LogP contribution in [0.15, 0.2) is 142 Å². The highest BCUT2D eigenvalue weighted by Gasteiger charge is 2.20. The van der Waals surface area contributed by atoms with Crippen LogP contribution in [-0.2, 0) is 0 Å². The van der Waals surface area contributed by atoms with Crippen molar-refractivity contribution in [1.29, 1.82) is 0 Å². The number of rotatable bonds is 2. The Morgan fingerprint density at radius 1 is 0.488 bits per heavy atom. The van der Waals surface area contributed by atoms with Crippen LogP contribution in [0.4, 0.5) is 0 Å². The first-order chi connectivity index (χ1) is 21.3. The van der Waals surface area contributed by atoms with E-state index in [1.807, 2.05) is 36.4 Å². The zero-order chi connectivity index (χ0) is 28.1. The SMILES string of the molecule is c1ccc2c(c1)ccc1c3ccccc3n(-c3cc4c5cc(-c6nc7ccccc7o6)ccc5oc4c4ccccc34)c21. The Kier molecular flexibility index (Phi) is 4.42. The Labute approximate surface area is 245 Å². The monoisotopic (exact) mass is 550 g/mol. The van der Waals surface area contributed by atoms with Crippen LogP contribution in [0.2, 0.25) is 0 Å². The van der Waals surface area contributed by atoms with E-state index < -0.39 is 0 Å². The molecule has 43 heavy (non-hydrogen) atoms. The second-order valence-electron chi connectivity index (χ2n) is 11.2. The Morgan fingerprint density at radius 3 is 2.16 bits per heavy atom. The Bertz CT molecular complexity index is 2710. The number of nitrogens with zero attached hydrogens (tertiary/aromatic N) is 2. The number of para-hydroxylation sites is 3. The van der Waals surface area contributed by atoms with Gasteiger partial charge < -0.3 is 13.4 Å². The van der Waals surface area contributed by atoms with Gasteiger partial charge in [-0.3, -0.25) is 0 Å². The van der Waals surface area contributed by atoms with Crippen molar-refractivity contribution in [1.82, 2.24) is 9.55 Å². The van der Waals surface area contributed by atoms with Crippen LogP contribution < -0.4 is 0 Å². The fourth-order valence-corrected chi connectivity index (χ4v) is 6.87. The summed E-state index contributed by atoms with van der Waals surface area (Å²) < 4.78 is 15.2. The molecule has 3 aromatic heterocycles. The highest BCUT2D eigenvalue weighted by molar-refractivity contribution is 6.22. The van der Waals surface area contributed by atoms with Gasteiger partial charge in [-0.25, -0.2) is 4.98 Å². The predicted octanol–water partition coefficient (Wildman–Crippen LogP) is 10.8. The fraction of sp³-hybridized carbons (Fsp3) is 0. The molecule has 0 radical (unpaired) electrons. The molecule has 0 fully saturated rings. The van der Waals surface area contributed by atoms with E-state index in [2.05, 4.69) is 102 Å². The molecule has 0 amide bonds. The average Bonchev–Trinajstić information content (AvgIpc) is 3.76. The van der Waals surface area contributed by atoms with E-state index >= 15 is 0 Å². The Balaban J connectivity index is 1.34. The molecule has 200 valence electrons. The molecule has 0 saturated carbocycles. The van der Waals surface area contributed by atoms with E-state index in [4.69, 9.17) is 13.8 Å². The van der Waals surface area contributed by atoms with E-state index in [-0.39, 0.29) is 0 Å². The van der Waals surface area contributed by atoms with Crippen LogP contribution in [0.5, 0.6) is 0 Å².